The predicted octanol–water partition coefficient (Wildman–Crippen LogP) is 3.35. The zero-order chi connectivity index (χ0) is 19.3. The van der Waals surface area contributed by atoms with E-state index in [1.54, 1.807) is 6.92 Å². The lowest BCUT2D eigenvalue weighted by atomic mass is 10.1. The fourth-order valence-electron chi connectivity index (χ4n) is 3.42. The molecule has 1 N–H and O–H groups in total. The van der Waals surface area contributed by atoms with Gasteiger partial charge in [-0.15, -0.1) is 0 Å². The van der Waals surface area contributed by atoms with Crippen LogP contribution in [0.1, 0.15) is 33.5 Å². The third-order valence-corrected chi connectivity index (χ3v) is 4.90. The summed E-state index contributed by atoms with van der Waals surface area (Å²) in [6, 6.07) is 18.4. The second-order valence-electron chi connectivity index (χ2n) is 6.88. The van der Waals surface area contributed by atoms with Crippen LogP contribution in [0, 0.1) is 6.92 Å². The minimum absolute atomic E-state index is 0.0583. The Morgan fingerprint density at radius 3 is 2.75 bits per heavy atom. The van der Waals surface area contributed by atoms with Crippen molar-refractivity contribution in [2.45, 2.75) is 19.6 Å². The Balaban J connectivity index is 1.45. The molecule has 0 saturated heterocycles. The molecule has 0 radical (unpaired) electrons. The molecule has 3 aromatic rings. The molecule has 1 aliphatic rings. The maximum atomic E-state index is 12.2. The first-order chi connectivity index (χ1) is 13.7. The van der Waals surface area contributed by atoms with E-state index < -0.39 is 0 Å². The number of ether oxygens (including phenoxy) is 1. The number of nitrogens with zero attached hydrogens (tertiary/aromatic N) is 2. The molecule has 4 rings (SSSR count). The van der Waals surface area contributed by atoms with Gasteiger partial charge in [0.05, 0.1) is 5.69 Å². The van der Waals surface area contributed by atoms with Crippen LogP contribution in [-0.4, -0.2) is 35.4 Å². The highest BCUT2D eigenvalue weighted by Crippen LogP contribution is 2.30. The van der Waals surface area contributed by atoms with E-state index in [1.165, 1.54) is 6.39 Å². The lowest BCUT2D eigenvalue weighted by molar-refractivity contribution is 0.0914. The van der Waals surface area contributed by atoms with Gasteiger partial charge in [-0.3, -0.25) is 9.69 Å². The summed E-state index contributed by atoms with van der Waals surface area (Å²) in [6.07, 6.45) is 1.23. The molecule has 0 bridgehead atoms. The van der Waals surface area contributed by atoms with E-state index in [0.29, 0.717) is 18.8 Å². The number of rotatable bonds is 5. The number of carbonyl (C=O) groups is 1. The molecular formula is C22H23N3O3. The summed E-state index contributed by atoms with van der Waals surface area (Å²) in [7, 11) is 0. The minimum Gasteiger partial charge on any atom is -0.484 e. The van der Waals surface area contributed by atoms with E-state index in [4.69, 9.17) is 9.15 Å². The molecule has 2 heterocycles. The lowest BCUT2D eigenvalue weighted by Gasteiger charge is -2.24. The first-order valence-corrected chi connectivity index (χ1v) is 9.41. The molecule has 0 unspecified atom stereocenters. The number of hydrogen-bond acceptors (Lipinski definition) is 5. The SMILES string of the molecule is Cc1ncoc1C(=O)NCCN1Cc2ccccc2O[C@@H](c2ccccc2)C1. The summed E-state index contributed by atoms with van der Waals surface area (Å²) in [5.74, 6) is 0.952. The minimum atomic E-state index is -0.235. The summed E-state index contributed by atoms with van der Waals surface area (Å²) in [4.78, 5) is 18.5. The monoisotopic (exact) mass is 377 g/mol. The first kappa shape index (κ1) is 18.3. The van der Waals surface area contributed by atoms with Crippen LogP contribution in [0.5, 0.6) is 5.75 Å². The quantitative estimate of drug-likeness (QED) is 0.739. The Bertz CT molecular complexity index is 939. The Morgan fingerprint density at radius 2 is 1.96 bits per heavy atom. The molecule has 144 valence electrons. The van der Waals surface area contributed by atoms with Crippen molar-refractivity contribution >= 4 is 5.91 Å². The van der Waals surface area contributed by atoms with E-state index in [1.807, 2.05) is 36.4 Å². The van der Waals surface area contributed by atoms with Gasteiger partial charge in [0.2, 0.25) is 5.76 Å². The normalized spacial score (nSPS) is 16.7. The van der Waals surface area contributed by atoms with Crippen molar-refractivity contribution in [2.75, 3.05) is 19.6 Å². The second-order valence-corrected chi connectivity index (χ2v) is 6.88. The number of fused-ring (bicyclic) bond motifs is 1. The molecule has 1 aromatic heterocycles. The van der Waals surface area contributed by atoms with Gasteiger partial charge in [0.1, 0.15) is 11.9 Å². The summed E-state index contributed by atoms with van der Waals surface area (Å²) in [5, 5.41) is 2.92. The van der Waals surface area contributed by atoms with Crippen molar-refractivity contribution in [1.29, 1.82) is 0 Å². The maximum Gasteiger partial charge on any atom is 0.289 e. The maximum absolute atomic E-state index is 12.2. The lowest BCUT2D eigenvalue weighted by Crippen LogP contribution is -2.36. The summed E-state index contributed by atoms with van der Waals surface area (Å²) >= 11 is 0. The fourth-order valence-corrected chi connectivity index (χ4v) is 3.42. The number of carbonyl (C=O) groups excluding carboxylic acids is 1. The van der Waals surface area contributed by atoms with Crippen molar-refractivity contribution in [3.63, 3.8) is 0 Å². The molecule has 2 aromatic carbocycles. The van der Waals surface area contributed by atoms with Crippen molar-refractivity contribution < 1.29 is 13.9 Å². The largest absolute Gasteiger partial charge is 0.484 e. The summed E-state index contributed by atoms with van der Waals surface area (Å²) < 4.78 is 11.5. The molecule has 0 spiro atoms. The highest BCUT2D eigenvalue weighted by Gasteiger charge is 2.24. The summed E-state index contributed by atoms with van der Waals surface area (Å²) in [5.41, 5.74) is 2.89. The van der Waals surface area contributed by atoms with Crippen LogP contribution in [0.3, 0.4) is 0 Å². The molecular weight excluding hydrogens is 354 g/mol. The van der Waals surface area contributed by atoms with Gasteiger partial charge in [-0.05, 0) is 18.6 Å². The van der Waals surface area contributed by atoms with Crippen molar-refractivity contribution in [3.05, 3.63) is 83.6 Å². The molecule has 0 saturated carbocycles. The van der Waals surface area contributed by atoms with Crippen LogP contribution in [0.2, 0.25) is 0 Å². The highest BCUT2D eigenvalue weighted by atomic mass is 16.5. The average Bonchev–Trinajstić information content (AvgIpc) is 3.05. The molecule has 6 nitrogen and oxygen atoms in total. The number of aromatic nitrogens is 1. The number of aryl methyl sites for hydroxylation is 1. The molecule has 1 amide bonds. The Morgan fingerprint density at radius 1 is 1.18 bits per heavy atom. The topological polar surface area (TPSA) is 67.6 Å². The Hall–Kier alpha value is -3.12. The molecule has 6 heteroatoms. The molecule has 1 aliphatic heterocycles. The van der Waals surface area contributed by atoms with E-state index in [0.717, 1.165) is 30.0 Å². The number of benzene rings is 2. The standard InChI is InChI=1S/C22H23N3O3/c1-16-21(27-15-24-16)22(26)23-11-12-25-13-18-9-5-6-10-19(18)28-20(14-25)17-7-3-2-4-8-17/h2-10,15,20H,11-14H2,1H3,(H,23,26)/t20-/m1/s1. The van der Waals surface area contributed by atoms with E-state index in [2.05, 4.69) is 33.4 Å². The third-order valence-electron chi connectivity index (χ3n) is 4.90. The zero-order valence-electron chi connectivity index (χ0n) is 15.8. The molecule has 28 heavy (non-hydrogen) atoms. The van der Waals surface area contributed by atoms with Gasteiger partial charge in [0.25, 0.3) is 5.91 Å². The Labute approximate surface area is 164 Å². The summed E-state index contributed by atoms with van der Waals surface area (Å²) in [6.45, 7) is 4.50. The first-order valence-electron chi connectivity index (χ1n) is 9.41. The van der Waals surface area contributed by atoms with Gasteiger partial charge in [-0.1, -0.05) is 48.5 Å². The number of hydrogen-bond donors (Lipinski definition) is 1. The van der Waals surface area contributed by atoms with Gasteiger partial charge >= 0.3 is 0 Å². The van der Waals surface area contributed by atoms with E-state index >= 15 is 0 Å². The molecule has 0 fully saturated rings. The van der Waals surface area contributed by atoms with Crippen molar-refractivity contribution in [1.82, 2.24) is 15.2 Å². The highest BCUT2D eigenvalue weighted by molar-refractivity contribution is 5.92. The van der Waals surface area contributed by atoms with Crippen LogP contribution < -0.4 is 10.1 Å². The van der Waals surface area contributed by atoms with Crippen LogP contribution in [0.25, 0.3) is 0 Å². The van der Waals surface area contributed by atoms with E-state index in [9.17, 15) is 4.79 Å². The smallest absolute Gasteiger partial charge is 0.289 e. The Kier molecular flexibility index (Phi) is 5.39. The number of para-hydroxylation sites is 1. The van der Waals surface area contributed by atoms with Gasteiger partial charge in [0, 0.05) is 31.7 Å². The average molecular weight is 377 g/mol. The van der Waals surface area contributed by atoms with Gasteiger partial charge < -0.3 is 14.5 Å². The van der Waals surface area contributed by atoms with Crippen molar-refractivity contribution in [2.24, 2.45) is 0 Å². The van der Waals surface area contributed by atoms with Crippen LogP contribution in [0.15, 0.2) is 65.4 Å². The number of oxazole rings is 1. The fraction of sp³-hybridized carbons (Fsp3) is 0.273. The van der Waals surface area contributed by atoms with Gasteiger partial charge in [0.15, 0.2) is 6.39 Å². The second kappa shape index (κ2) is 8.27. The third kappa shape index (κ3) is 4.07. The predicted molar refractivity (Wildman–Crippen MR) is 105 cm³/mol. The van der Waals surface area contributed by atoms with Gasteiger partial charge in [-0.25, -0.2) is 4.98 Å². The van der Waals surface area contributed by atoms with Crippen LogP contribution >= 0.6 is 0 Å². The van der Waals surface area contributed by atoms with Crippen molar-refractivity contribution in [3.8, 4) is 5.75 Å². The number of nitrogens with one attached hydrogen (secondary N) is 1. The van der Waals surface area contributed by atoms with E-state index in [-0.39, 0.29) is 17.8 Å². The number of amides is 1. The molecule has 0 aliphatic carbocycles. The van der Waals surface area contributed by atoms with Crippen LogP contribution in [-0.2, 0) is 6.54 Å². The molecule has 1 atom stereocenters. The van der Waals surface area contributed by atoms with Crippen LogP contribution in [0.4, 0.5) is 0 Å². The van der Waals surface area contributed by atoms with Gasteiger partial charge in [-0.2, -0.15) is 0 Å². The zero-order valence-corrected chi connectivity index (χ0v) is 15.8.